The van der Waals surface area contributed by atoms with Crippen molar-refractivity contribution >= 4 is 11.6 Å². The molecule has 2 rings (SSSR count). The molecular weight excluding hydrogens is 222 g/mol. The Balaban J connectivity index is 1.99. The van der Waals surface area contributed by atoms with Gasteiger partial charge >= 0.3 is 0 Å². The summed E-state index contributed by atoms with van der Waals surface area (Å²) < 4.78 is 5.72. The first-order valence-corrected chi connectivity index (χ1v) is 6.29. The van der Waals surface area contributed by atoms with Crippen molar-refractivity contribution in [3.63, 3.8) is 0 Å². The average molecular weight is 240 g/mol. The summed E-state index contributed by atoms with van der Waals surface area (Å²) >= 11 is 6.28. The highest BCUT2D eigenvalue weighted by atomic mass is 35.5. The lowest BCUT2D eigenvalue weighted by molar-refractivity contribution is 0.299. The molecule has 0 bridgehead atoms. The number of nitrogens with two attached hydrogens (primary N) is 1. The second kappa shape index (κ2) is 5.55. The minimum atomic E-state index is 0.698. The van der Waals surface area contributed by atoms with Crippen molar-refractivity contribution in [3.8, 4) is 5.75 Å². The molecule has 1 aliphatic rings. The van der Waals surface area contributed by atoms with Crippen molar-refractivity contribution in [3.05, 3.63) is 28.8 Å². The minimum Gasteiger partial charge on any atom is -0.492 e. The van der Waals surface area contributed by atoms with Gasteiger partial charge in [-0.15, -0.1) is 0 Å². The number of rotatable bonds is 6. The van der Waals surface area contributed by atoms with E-state index >= 15 is 0 Å². The molecule has 2 N–H and O–H groups in total. The Bertz CT molecular complexity index is 350. The van der Waals surface area contributed by atoms with Gasteiger partial charge in [-0.25, -0.2) is 0 Å². The van der Waals surface area contributed by atoms with Gasteiger partial charge in [0, 0.05) is 0 Å². The molecule has 0 saturated heterocycles. The number of ether oxygens (including phenoxy) is 1. The highest BCUT2D eigenvalue weighted by Crippen LogP contribution is 2.33. The van der Waals surface area contributed by atoms with Crippen molar-refractivity contribution in [2.75, 3.05) is 13.2 Å². The summed E-state index contributed by atoms with van der Waals surface area (Å²) in [5.41, 5.74) is 6.64. The predicted molar refractivity (Wildman–Crippen MR) is 67.0 cm³/mol. The molecular formula is C13H18ClNO. The summed E-state index contributed by atoms with van der Waals surface area (Å²) in [4.78, 5) is 0. The lowest BCUT2D eigenvalue weighted by atomic mass is 10.1. The molecule has 0 amide bonds. The largest absolute Gasteiger partial charge is 0.492 e. The Morgan fingerprint density at radius 2 is 2.19 bits per heavy atom. The van der Waals surface area contributed by atoms with Gasteiger partial charge in [-0.2, -0.15) is 0 Å². The standard InChI is InChI=1S/C13H18ClNO/c14-13-11(4-2-8-15)3-1-5-12(13)16-9-10-6-7-10/h1,3,5,10H,2,4,6-9,15H2. The number of hydrogen-bond donors (Lipinski definition) is 1. The molecule has 0 radical (unpaired) electrons. The van der Waals surface area contributed by atoms with E-state index in [4.69, 9.17) is 22.1 Å². The number of hydrogen-bond acceptors (Lipinski definition) is 2. The van der Waals surface area contributed by atoms with Gasteiger partial charge in [-0.3, -0.25) is 0 Å². The number of halogens is 1. The third-order valence-corrected chi connectivity index (χ3v) is 3.29. The highest BCUT2D eigenvalue weighted by molar-refractivity contribution is 6.32. The lowest BCUT2D eigenvalue weighted by Gasteiger charge is -2.10. The van der Waals surface area contributed by atoms with E-state index in [0.717, 1.165) is 41.7 Å². The maximum Gasteiger partial charge on any atom is 0.138 e. The molecule has 1 saturated carbocycles. The zero-order chi connectivity index (χ0) is 11.4. The van der Waals surface area contributed by atoms with Gasteiger partial charge in [-0.1, -0.05) is 23.7 Å². The van der Waals surface area contributed by atoms with Crippen LogP contribution < -0.4 is 10.5 Å². The first-order valence-electron chi connectivity index (χ1n) is 5.91. The van der Waals surface area contributed by atoms with E-state index in [1.807, 2.05) is 18.2 Å². The zero-order valence-electron chi connectivity index (χ0n) is 9.42. The molecule has 1 aromatic rings. The van der Waals surface area contributed by atoms with Crippen molar-refractivity contribution in [2.45, 2.75) is 25.7 Å². The van der Waals surface area contributed by atoms with Gasteiger partial charge in [0.05, 0.1) is 11.6 Å². The number of aryl methyl sites for hydroxylation is 1. The average Bonchev–Trinajstić information content (AvgIpc) is 3.10. The molecule has 0 aromatic heterocycles. The van der Waals surface area contributed by atoms with Crippen molar-refractivity contribution in [2.24, 2.45) is 11.7 Å². The summed E-state index contributed by atoms with van der Waals surface area (Å²) in [6.45, 7) is 1.50. The van der Waals surface area contributed by atoms with Gasteiger partial charge in [0.15, 0.2) is 0 Å². The molecule has 1 aromatic carbocycles. The SMILES string of the molecule is NCCCc1cccc(OCC2CC2)c1Cl. The third kappa shape index (κ3) is 3.13. The van der Waals surface area contributed by atoms with Gasteiger partial charge in [-0.05, 0) is 49.8 Å². The van der Waals surface area contributed by atoms with E-state index in [-0.39, 0.29) is 0 Å². The van der Waals surface area contributed by atoms with E-state index in [1.165, 1.54) is 12.8 Å². The van der Waals surface area contributed by atoms with Crippen LogP contribution in [-0.4, -0.2) is 13.2 Å². The maximum atomic E-state index is 6.28. The Hall–Kier alpha value is -0.730. The molecule has 1 fully saturated rings. The highest BCUT2D eigenvalue weighted by Gasteiger charge is 2.22. The fraction of sp³-hybridized carbons (Fsp3) is 0.538. The first-order chi connectivity index (χ1) is 7.81. The zero-order valence-corrected chi connectivity index (χ0v) is 10.2. The first kappa shape index (κ1) is 11.7. The smallest absolute Gasteiger partial charge is 0.138 e. The van der Waals surface area contributed by atoms with Crippen LogP contribution in [0.5, 0.6) is 5.75 Å². The summed E-state index contributed by atoms with van der Waals surface area (Å²) in [7, 11) is 0. The molecule has 3 heteroatoms. The Kier molecular flexibility index (Phi) is 4.08. The van der Waals surface area contributed by atoms with Crippen molar-refractivity contribution in [1.29, 1.82) is 0 Å². The quantitative estimate of drug-likeness (QED) is 0.828. The van der Waals surface area contributed by atoms with Gasteiger partial charge in [0.2, 0.25) is 0 Å². The van der Waals surface area contributed by atoms with Crippen LogP contribution in [0, 0.1) is 5.92 Å². The third-order valence-electron chi connectivity index (χ3n) is 2.86. The molecule has 1 aliphatic carbocycles. The molecule has 2 nitrogen and oxygen atoms in total. The fourth-order valence-electron chi connectivity index (χ4n) is 1.65. The van der Waals surface area contributed by atoms with Crippen LogP contribution in [-0.2, 0) is 6.42 Å². The summed E-state index contributed by atoms with van der Waals surface area (Å²) in [5.74, 6) is 1.58. The van der Waals surface area contributed by atoms with Crippen molar-refractivity contribution in [1.82, 2.24) is 0 Å². The van der Waals surface area contributed by atoms with Gasteiger partial charge < -0.3 is 10.5 Å². The van der Waals surface area contributed by atoms with E-state index < -0.39 is 0 Å². The van der Waals surface area contributed by atoms with Crippen LogP contribution in [0.1, 0.15) is 24.8 Å². The summed E-state index contributed by atoms with van der Waals surface area (Å²) in [5, 5.41) is 0.761. The monoisotopic (exact) mass is 239 g/mol. The van der Waals surface area contributed by atoms with E-state index in [1.54, 1.807) is 0 Å². The van der Waals surface area contributed by atoms with Crippen LogP contribution >= 0.6 is 11.6 Å². The molecule has 16 heavy (non-hydrogen) atoms. The molecule has 88 valence electrons. The van der Waals surface area contributed by atoms with Crippen LogP contribution in [0.25, 0.3) is 0 Å². The summed E-state index contributed by atoms with van der Waals surface area (Å²) in [6, 6.07) is 5.98. The fourth-order valence-corrected chi connectivity index (χ4v) is 1.92. The Morgan fingerprint density at radius 3 is 2.88 bits per heavy atom. The summed E-state index contributed by atoms with van der Waals surface area (Å²) in [6.07, 6.45) is 4.48. The topological polar surface area (TPSA) is 35.2 Å². The van der Waals surface area contributed by atoms with Crippen LogP contribution in [0.2, 0.25) is 5.02 Å². The lowest BCUT2D eigenvalue weighted by Crippen LogP contribution is -2.03. The van der Waals surface area contributed by atoms with E-state index in [0.29, 0.717) is 6.54 Å². The number of benzene rings is 1. The molecule has 0 atom stereocenters. The Morgan fingerprint density at radius 1 is 1.38 bits per heavy atom. The van der Waals surface area contributed by atoms with E-state index in [9.17, 15) is 0 Å². The minimum absolute atomic E-state index is 0.698. The molecule has 0 heterocycles. The normalized spacial score (nSPS) is 15.1. The van der Waals surface area contributed by atoms with Gasteiger partial charge in [0.1, 0.15) is 5.75 Å². The van der Waals surface area contributed by atoms with Gasteiger partial charge in [0.25, 0.3) is 0 Å². The maximum absolute atomic E-state index is 6.28. The molecule has 0 unspecified atom stereocenters. The van der Waals surface area contributed by atoms with Crippen LogP contribution in [0.15, 0.2) is 18.2 Å². The second-order valence-corrected chi connectivity index (χ2v) is 4.75. The van der Waals surface area contributed by atoms with Crippen LogP contribution in [0.3, 0.4) is 0 Å². The predicted octanol–water partition coefficient (Wildman–Crippen LogP) is 3.02. The molecule has 0 spiro atoms. The Labute approximate surface area is 102 Å². The van der Waals surface area contributed by atoms with Crippen molar-refractivity contribution < 1.29 is 4.74 Å². The van der Waals surface area contributed by atoms with Crippen LogP contribution in [0.4, 0.5) is 0 Å². The molecule has 0 aliphatic heterocycles. The second-order valence-electron chi connectivity index (χ2n) is 4.38. The van der Waals surface area contributed by atoms with E-state index in [2.05, 4.69) is 0 Å².